The van der Waals surface area contributed by atoms with Crippen LogP contribution in [0.25, 0.3) is 28.0 Å². The highest BCUT2D eigenvalue weighted by Gasteiger charge is 2.30. The Morgan fingerprint density at radius 2 is 1.84 bits per heavy atom. The van der Waals surface area contributed by atoms with E-state index in [1.165, 1.54) is 10.6 Å². The number of anilines is 2. The molecule has 1 aliphatic heterocycles. The summed E-state index contributed by atoms with van der Waals surface area (Å²) in [5.41, 5.74) is 5.50. The Morgan fingerprint density at radius 3 is 2.45 bits per heavy atom. The van der Waals surface area contributed by atoms with Crippen molar-refractivity contribution in [2.24, 2.45) is 0 Å². The number of aromatic nitrogens is 3. The maximum absolute atomic E-state index is 16.1. The lowest BCUT2D eigenvalue weighted by Gasteiger charge is -2.36. The van der Waals surface area contributed by atoms with E-state index in [-0.39, 0.29) is 71.0 Å². The van der Waals surface area contributed by atoms with Gasteiger partial charge in [-0.2, -0.15) is 5.26 Å². The van der Waals surface area contributed by atoms with E-state index < -0.39 is 33.5 Å². The first kappa shape index (κ1) is 30.9. The van der Waals surface area contributed by atoms with Gasteiger partial charge in [0.15, 0.2) is 17.3 Å². The molecular weight excluding hydrogens is 611 g/mol. The van der Waals surface area contributed by atoms with Gasteiger partial charge in [-0.3, -0.25) is 19.1 Å². The molecule has 0 bridgehead atoms. The van der Waals surface area contributed by atoms with Crippen LogP contribution in [-0.4, -0.2) is 51.5 Å². The van der Waals surface area contributed by atoms with Crippen molar-refractivity contribution in [1.82, 2.24) is 19.4 Å². The molecule has 226 valence electrons. The van der Waals surface area contributed by atoms with Crippen molar-refractivity contribution in [3.05, 3.63) is 85.9 Å². The van der Waals surface area contributed by atoms with Gasteiger partial charge in [0.2, 0.25) is 5.91 Å². The number of hydrogen-bond donors (Lipinski definition) is 1. The van der Waals surface area contributed by atoms with Gasteiger partial charge >= 0.3 is 0 Å². The number of carbonyl (C=O) groups is 1. The van der Waals surface area contributed by atoms with Crippen LogP contribution in [0, 0.1) is 29.9 Å². The molecule has 13 heteroatoms. The monoisotopic (exact) mass is 637 g/mol. The van der Waals surface area contributed by atoms with Crippen LogP contribution in [0.3, 0.4) is 0 Å². The van der Waals surface area contributed by atoms with Gasteiger partial charge in [-0.1, -0.05) is 43.6 Å². The summed E-state index contributed by atoms with van der Waals surface area (Å²) in [6.07, 6.45) is 2.82. The molecule has 5 rings (SSSR count). The molecule has 1 fully saturated rings. The first-order valence-electron chi connectivity index (χ1n) is 13.7. The van der Waals surface area contributed by atoms with E-state index in [1.54, 1.807) is 29.0 Å². The van der Waals surface area contributed by atoms with Gasteiger partial charge in [0.1, 0.15) is 17.3 Å². The molecular formula is C31H27Cl2F2N7O2. The lowest BCUT2D eigenvalue weighted by molar-refractivity contribution is -0.126. The van der Waals surface area contributed by atoms with Crippen molar-refractivity contribution in [3.63, 3.8) is 0 Å². The number of nitrogen functional groups attached to an aromatic ring is 1. The predicted molar refractivity (Wildman–Crippen MR) is 167 cm³/mol. The Hall–Kier alpha value is -4.53. The quantitative estimate of drug-likeness (QED) is 0.168. The van der Waals surface area contributed by atoms with Gasteiger partial charge < -0.3 is 15.5 Å². The van der Waals surface area contributed by atoms with E-state index in [2.05, 4.69) is 16.5 Å². The first-order valence-corrected chi connectivity index (χ1v) is 14.4. The molecule has 0 aliphatic carbocycles. The highest BCUT2D eigenvalue weighted by molar-refractivity contribution is 6.37. The summed E-state index contributed by atoms with van der Waals surface area (Å²) >= 11 is 12.2. The van der Waals surface area contributed by atoms with Crippen LogP contribution in [0.15, 0.2) is 41.8 Å². The fourth-order valence-corrected chi connectivity index (χ4v) is 5.95. The number of benzene rings is 1. The Balaban J connectivity index is 1.92. The number of piperazine rings is 1. The molecule has 1 amide bonds. The van der Waals surface area contributed by atoms with Gasteiger partial charge in [0.05, 0.1) is 38.4 Å². The number of halogens is 4. The van der Waals surface area contributed by atoms with Crippen LogP contribution in [-0.2, 0) is 4.79 Å². The predicted octanol–water partition coefficient (Wildman–Crippen LogP) is 5.75. The number of pyridine rings is 3. The molecule has 0 radical (unpaired) electrons. The summed E-state index contributed by atoms with van der Waals surface area (Å²) in [5.74, 6) is -2.43. The molecule has 0 saturated carbocycles. The Morgan fingerprint density at radius 1 is 1.16 bits per heavy atom. The second-order valence-corrected chi connectivity index (χ2v) is 11.5. The van der Waals surface area contributed by atoms with Crippen LogP contribution in [0.1, 0.15) is 36.6 Å². The van der Waals surface area contributed by atoms with Gasteiger partial charge in [0, 0.05) is 37.8 Å². The molecule has 1 aliphatic rings. The number of fused-ring (bicyclic) bond motifs is 1. The summed E-state index contributed by atoms with van der Waals surface area (Å²) < 4.78 is 32.7. The zero-order valence-electron chi connectivity index (χ0n) is 24.1. The zero-order chi connectivity index (χ0) is 32.0. The molecule has 1 aromatic carbocycles. The number of hydrogen-bond acceptors (Lipinski definition) is 7. The van der Waals surface area contributed by atoms with Gasteiger partial charge in [-0.25, -0.2) is 13.8 Å². The largest absolute Gasteiger partial charge is 0.397 e. The van der Waals surface area contributed by atoms with Crippen LogP contribution in [0.2, 0.25) is 10.0 Å². The molecule has 0 atom stereocenters. The van der Waals surface area contributed by atoms with Crippen molar-refractivity contribution >= 4 is 51.5 Å². The summed E-state index contributed by atoms with van der Waals surface area (Å²) in [4.78, 5) is 38.9. The number of aryl methyl sites for hydroxylation is 1. The van der Waals surface area contributed by atoms with Crippen molar-refractivity contribution in [1.29, 1.82) is 5.26 Å². The van der Waals surface area contributed by atoms with E-state index >= 15 is 8.78 Å². The smallest absolute Gasteiger partial charge is 0.276 e. The van der Waals surface area contributed by atoms with Crippen LogP contribution >= 0.6 is 23.2 Å². The third-order valence-corrected chi connectivity index (χ3v) is 8.23. The third kappa shape index (κ3) is 5.04. The first-order chi connectivity index (χ1) is 20.9. The van der Waals surface area contributed by atoms with Crippen molar-refractivity contribution in [3.8, 4) is 23.0 Å². The maximum atomic E-state index is 16.1. The Bertz CT molecular complexity index is 1940. The molecule has 9 nitrogen and oxygen atoms in total. The topological polar surface area (TPSA) is 121 Å². The Kier molecular flexibility index (Phi) is 8.34. The highest BCUT2D eigenvalue weighted by atomic mass is 35.5. The fourth-order valence-electron chi connectivity index (χ4n) is 5.49. The summed E-state index contributed by atoms with van der Waals surface area (Å²) in [6, 6.07) is 5.92. The molecule has 0 unspecified atom stereocenters. The number of rotatable bonds is 5. The standard InChI is InChI=1S/C31H27Cl2F2N7O2/c1-5-22(43)40-8-10-41(11-9-40)29-17-12-21(34)27(23-24(35)19(32)13-20(33)25(23)37)39-30(17)42(31(44)18(29)14-36)28-16(4)6-7-38-26(28)15(2)3/h5-7,12-13,15H,1,8-11,37H2,2-4H3. The summed E-state index contributed by atoms with van der Waals surface area (Å²) in [5, 5.41) is 9.95. The van der Waals surface area contributed by atoms with E-state index in [1.807, 2.05) is 19.9 Å². The number of nitriles is 1. The molecule has 4 aromatic rings. The minimum absolute atomic E-state index is 0.0575. The van der Waals surface area contributed by atoms with E-state index in [4.69, 9.17) is 28.9 Å². The van der Waals surface area contributed by atoms with Crippen LogP contribution in [0.4, 0.5) is 20.2 Å². The zero-order valence-corrected chi connectivity index (χ0v) is 25.6. The van der Waals surface area contributed by atoms with Crippen LogP contribution in [0.5, 0.6) is 0 Å². The number of carbonyl (C=O) groups excluding carboxylic acids is 1. The van der Waals surface area contributed by atoms with Crippen molar-refractivity contribution < 1.29 is 13.6 Å². The lowest BCUT2D eigenvalue weighted by atomic mass is 10.0. The molecule has 3 aromatic heterocycles. The second-order valence-electron chi connectivity index (χ2n) is 10.6. The number of nitrogens with two attached hydrogens (primary N) is 1. The molecule has 1 saturated heterocycles. The van der Waals surface area contributed by atoms with Crippen LogP contribution < -0.4 is 16.2 Å². The average Bonchev–Trinajstić information content (AvgIpc) is 3.00. The average molecular weight is 639 g/mol. The van der Waals surface area contributed by atoms with Crippen molar-refractivity contribution in [2.45, 2.75) is 26.7 Å². The number of nitrogens with zero attached hydrogens (tertiary/aromatic N) is 6. The molecule has 4 heterocycles. The fraction of sp³-hybridized carbons (Fsp3) is 0.258. The van der Waals surface area contributed by atoms with E-state index in [0.29, 0.717) is 16.9 Å². The van der Waals surface area contributed by atoms with E-state index in [0.717, 1.165) is 12.1 Å². The normalized spacial score (nSPS) is 13.4. The van der Waals surface area contributed by atoms with Crippen molar-refractivity contribution in [2.75, 3.05) is 36.8 Å². The maximum Gasteiger partial charge on any atom is 0.276 e. The summed E-state index contributed by atoms with van der Waals surface area (Å²) in [6.45, 7) is 10.1. The second kappa shape index (κ2) is 11.9. The minimum Gasteiger partial charge on any atom is -0.397 e. The number of amides is 1. The SMILES string of the molecule is C=CC(=O)N1CCN(c2c(C#N)c(=O)n(-c3c(C)ccnc3C(C)C)c3nc(-c4c(N)c(Cl)cc(Cl)c4F)c(F)cc23)CC1. The molecule has 0 spiro atoms. The highest BCUT2D eigenvalue weighted by Crippen LogP contribution is 2.41. The summed E-state index contributed by atoms with van der Waals surface area (Å²) in [7, 11) is 0. The molecule has 2 N–H and O–H groups in total. The van der Waals surface area contributed by atoms with Gasteiger partial charge in [0.25, 0.3) is 5.56 Å². The van der Waals surface area contributed by atoms with Gasteiger partial charge in [-0.15, -0.1) is 0 Å². The minimum atomic E-state index is -1.04. The Labute approximate surface area is 261 Å². The third-order valence-electron chi connectivity index (χ3n) is 7.64. The molecule has 44 heavy (non-hydrogen) atoms. The lowest BCUT2D eigenvalue weighted by Crippen LogP contribution is -2.49. The van der Waals surface area contributed by atoms with Gasteiger partial charge in [-0.05, 0) is 42.7 Å². The van der Waals surface area contributed by atoms with E-state index in [9.17, 15) is 14.9 Å².